The summed E-state index contributed by atoms with van der Waals surface area (Å²) in [7, 11) is 0. The molecule has 0 spiro atoms. The van der Waals surface area contributed by atoms with Gasteiger partial charge in [0.05, 0.1) is 11.7 Å². The molecule has 0 saturated heterocycles. The van der Waals surface area contributed by atoms with Gasteiger partial charge in [-0.15, -0.1) is 11.3 Å². The fraction of sp³-hybridized carbons (Fsp3) is 0.438. The second-order valence-corrected chi connectivity index (χ2v) is 7.36. The van der Waals surface area contributed by atoms with Crippen molar-refractivity contribution >= 4 is 34.5 Å². The van der Waals surface area contributed by atoms with Gasteiger partial charge in [0.15, 0.2) is 0 Å². The summed E-state index contributed by atoms with van der Waals surface area (Å²) in [5.74, 6) is 0.413. The summed E-state index contributed by atoms with van der Waals surface area (Å²) < 4.78 is 0. The van der Waals surface area contributed by atoms with E-state index in [0.29, 0.717) is 22.0 Å². The van der Waals surface area contributed by atoms with Crippen molar-refractivity contribution in [1.29, 1.82) is 0 Å². The van der Waals surface area contributed by atoms with Crippen LogP contribution in [0.1, 0.15) is 55.9 Å². The lowest BCUT2D eigenvalue weighted by Crippen LogP contribution is -2.29. The molecule has 0 aliphatic rings. The summed E-state index contributed by atoms with van der Waals surface area (Å²) in [6.45, 7) is 8.50. The van der Waals surface area contributed by atoms with Crippen LogP contribution in [0.15, 0.2) is 23.6 Å². The van der Waals surface area contributed by atoms with E-state index < -0.39 is 0 Å². The van der Waals surface area contributed by atoms with Crippen LogP contribution in [0.5, 0.6) is 0 Å². The number of thiazole rings is 1. The molecule has 0 bridgehead atoms. The van der Waals surface area contributed by atoms with E-state index in [1.165, 1.54) is 0 Å². The molecule has 2 rings (SSSR count). The van der Waals surface area contributed by atoms with Gasteiger partial charge in [-0.1, -0.05) is 43.1 Å². The van der Waals surface area contributed by atoms with E-state index >= 15 is 0 Å². The third-order valence-electron chi connectivity index (χ3n) is 3.17. The molecule has 1 heterocycles. The first kappa shape index (κ1) is 16.8. The SMILES string of the molecule is CC(C)NC(c1nc(C(C)C)cs1)c1c(Cl)cccc1Cl. The predicted molar refractivity (Wildman–Crippen MR) is 92.8 cm³/mol. The Morgan fingerprint density at radius 1 is 1.10 bits per heavy atom. The van der Waals surface area contributed by atoms with Crippen LogP contribution in [0.25, 0.3) is 0 Å². The second kappa shape index (κ2) is 7.10. The molecule has 1 aromatic carbocycles. The lowest BCUT2D eigenvalue weighted by molar-refractivity contribution is 0.526. The quantitative estimate of drug-likeness (QED) is 0.758. The highest BCUT2D eigenvalue weighted by atomic mass is 35.5. The first-order valence-electron chi connectivity index (χ1n) is 7.05. The molecule has 1 unspecified atom stereocenters. The van der Waals surface area contributed by atoms with Gasteiger partial charge in [0, 0.05) is 27.0 Å². The van der Waals surface area contributed by atoms with Crippen LogP contribution >= 0.6 is 34.5 Å². The largest absolute Gasteiger partial charge is 0.302 e. The molecule has 0 radical (unpaired) electrons. The van der Waals surface area contributed by atoms with E-state index in [4.69, 9.17) is 28.2 Å². The van der Waals surface area contributed by atoms with Gasteiger partial charge in [-0.2, -0.15) is 0 Å². The minimum Gasteiger partial charge on any atom is -0.302 e. The molecule has 0 aliphatic heterocycles. The predicted octanol–water partition coefficient (Wildman–Crippen LogP) is 5.66. The Kier molecular flexibility index (Phi) is 5.67. The number of aromatic nitrogens is 1. The zero-order valence-electron chi connectivity index (χ0n) is 12.7. The summed E-state index contributed by atoms with van der Waals surface area (Å²) in [5, 5.41) is 7.98. The summed E-state index contributed by atoms with van der Waals surface area (Å²) in [5.41, 5.74) is 2.01. The number of benzene rings is 1. The topological polar surface area (TPSA) is 24.9 Å². The first-order chi connectivity index (χ1) is 9.90. The molecule has 114 valence electrons. The third-order valence-corrected chi connectivity index (χ3v) is 4.75. The Hall–Kier alpha value is -0.610. The average molecular weight is 343 g/mol. The van der Waals surface area contributed by atoms with Crippen molar-refractivity contribution in [1.82, 2.24) is 10.3 Å². The van der Waals surface area contributed by atoms with Crippen LogP contribution in [0.3, 0.4) is 0 Å². The van der Waals surface area contributed by atoms with E-state index in [9.17, 15) is 0 Å². The molecule has 0 fully saturated rings. The standard InChI is InChI=1S/C16H20Cl2N2S/c1-9(2)13-8-21-16(20-13)15(19-10(3)4)14-11(17)6-5-7-12(14)18/h5-10,15,19H,1-4H3. The monoisotopic (exact) mass is 342 g/mol. The van der Waals surface area contributed by atoms with Crippen molar-refractivity contribution in [2.24, 2.45) is 0 Å². The van der Waals surface area contributed by atoms with Crippen molar-refractivity contribution in [2.45, 2.75) is 45.7 Å². The normalized spacial score (nSPS) is 13.1. The molecular weight excluding hydrogens is 323 g/mol. The smallest absolute Gasteiger partial charge is 0.115 e. The summed E-state index contributed by atoms with van der Waals surface area (Å²) in [4.78, 5) is 4.76. The Balaban J connectivity index is 2.47. The van der Waals surface area contributed by atoms with Crippen LogP contribution in [-0.4, -0.2) is 11.0 Å². The fourth-order valence-corrected chi connectivity index (χ4v) is 3.76. The minimum absolute atomic E-state index is 0.0799. The Labute approximate surface area is 140 Å². The maximum Gasteiger partial charge on any atom is 0.115 e. The van der Waals surface area contributed by atoms with Gasteiger partial charge >= 0.3 is 0 Å². The Bertz CT molecular complexity index is 588. The first-order valence-corrected chi connectivity index (χ1v) is 8.69. The van der Waals surface area contributed by atoms with E-state index in [2.05, 4.69) is 38.4 Å². The molecule has 1 atom stereocenters. The number of nitrogens with zero attached hydrogens (tertiary/aromatic N) is 1. The Morgan fingerprint density at radius 2 is 1.71 bits per heavy atom. The van der Waals surface area contributed by atoms with Gasteiger partial charge in [0.1, 0.15) is 5.01 Å². The Morgan fingerprint density at radius 3 is 2.19 bits per heavy atom. The maximum absolute atomic E-state index is 6.38. The summed E-state index contributed by atoms with van der Waals surface area (Å²) in [6, 6.07) is 5.82. The van der Waals surface area contributed by atoms with Crippen LogP contribution in [-0.2, 0) is 0 Å². The highest BCUT2D eigenvalue weighted by Crippen LogP contribution is 2.36. The minimum atomic E-state index is -0.0799. The fourth-order valence-electron chi connectivity index (χ4n) is 2.10. The van der Waals surface area contributed by atoms with Gasteiger partial charge in [0.25, 0.3) is 0 Å². The molecule has 0 aliphatic carbocycles. The number of rotatable bonds is 5. The number of hydrogen-bond acceptors (Lipinski definition) is 3. The van der Waals surface area contributed by atoms with Gasteiger partial charge in [-0.05, 0) is 31.9 Å². The molecule has 5 heteroatoms. The van der Waals surface area contributed by atoms with Crippen molar-refractivity contribution < 1.29 is 0 Å². The van der Waals surface area contributed by atoms with E-state index in [-0.39, 0.29) is 6.04 Å². The third kappa shape index (κ3) is 3.98. The van der Waals surface area contributed by atoms with Crippen LogP contribution in [0.4, 0.5) is 0 Å². The van der Waals surface area contributed by atoms with E-state index in [0.717, 1.165) is 16.3 Å². The number of hydrogen-bond donors (Lipinski definition) is 1. The highest BCUT2D eigenvalue weighted by molar-refractivity contribution is 7.09. The maximum atomic E-state index is 6.38. The molecule has 2 nitrogen and oxygen atoms in total. The summed E-state index contributed by atoms with van der Waals surface area (Å²) >= 11 is 14.4. The van der Waals surface area contributed by atoms with Crippen LogP contribution < -0.4 is 5.32 Å². The lowest BCUT2D eigenvalue weighted by atomic mass is 10.1. The van der Waals surface area contributed by atoms with Gasteiger partial charge in [0.2, 0.25) is 0 Å². The summed E-state index contributed by atoms with van der Waals surface area (Å²) in [6.07, 6.45) is 0. The molecular formula is C16H20Cl2N2S. The molecule has 0 amide bonds. The number of halogens is 2. The van der Waals surface area contributed by atoms with E-state index in [1.807, 2.05) is 18.2 Å². The zero-order valence-corrected chi connectivity index (χ0v) is 15.0. The number of nitrogens with one attached hydrogen (secondary N) is 1. The molecule has 2 aromatic rings. The zero-order chi connectivity index (χ0) is 15.6. The molecule has 21 heavy (non-hydrogen) atoms. The molecule has 0 saturated carbocycles. The second-order valence-electron chi connectivity index (χ2n) is 5.66. The van der Waals surface area contributed by atoms with Crippen LogP contribution in [0, 0.1) is 0 Å². The van der Waals surface area contributed by atoms with Crippen molar-refractivity contribution in [3.8, 4) is 0 Å². The van der Waals surface area contributed by atoms with Gasteiger partial charge < -0.3 is 5.32 Å². The van der Waals surface area contributed by atoms with Crippen molar-refractivity contribution in [3.05, 3.63) is 49.9 Å². The lowest BCUT2D eigenvalue weighted by Gasteiger charge is -2.22. The van der Waals surface area contributed by atoms with Crippen LogP contribution in [0.2, 0.25) is 10.0 Å². The molecule has 1 aromatic heterocycles. The van der Waals surface area contributed by atoms with E-state index in [1.54, 1.807) is 11.3 Å². The average Bonchev–Trinajstić information content (AvgIpc) is 2.86. The highest BCUT2D eigenvalue weighted by Gasteiger charge is 2.24. The van der Waals surface area contributed by atoms with Gasteiger partial charge in [-0.3, -0.25) is 0 Å². The van der Waals surface area contributed by atoms with Gasteiger partial charge in [-0.25, -0.2) is 4.98 Å². The molecule has 1 N–H and O–H groups in total. The van der Waals surface area contributed by atoms with Crippen molar-refractivity contribution in [2.75, 3.05) is 0 Å². The van der Waals surface area contributed by atoms with Crippen molar-refractivity contribution in [3.63, 3.8) is 0 Å².